The molecule has 1 aliphatic rings. The third kappa shape index (κ3) is 8.43. The number of anilines is 1. The first-order valence-corrected chi connectivity index (χ1v) is 12.7. The molecule has 7 nitrogen and oxygen atoms in total. The minimum absolute atomic E-state index is 0.00819. The first-order chi connectivity index (χ1) is 17.4. The SMILES string of the molecule is CO[NH2+]c1ccc(/C=C/C(=O)NCC2CCC(C)CC2)cc1.Cc1nc(N(C)C)c2ccccc2n1. The van der Waals surface area contributed by atoms with Crippen molar-refractivity contribution >= 4 is 34.4 Å². The van der Waals surface area contributed by atoms with Crippen LogP contribution in [0.3, 0.4) is 0 Å². The summed E-state index contributed by atoms with van der Waals surface area (Å²) in [6.45, 7) is 5.03. The van der Waals surface area contributed by atoms with Gasteiger partial charge in [0.15, 0.2) is 5.69 Å². The number of nitrogens with one attached hydrogen (secondary N) is 1. The maximum Gasteiger partial charge on any atom is 0.244 e. The van der Waals surface area contributed by atoms with Gasteiger partial charge in [-0.2, -0.15) is 5.48 Å². The van der Waals surface area contributed by atoms with E-state index in [2.05, 4.69) is 22.2 Å². The van der Waals surface area contributed by atoms with E-state index in [0.717, 1.165) is 46.3 Å². The van der Waals surface area contributed by atoms with E-state index < -0.39 is 0 Å². The van der Waals surface area contributed by atoms with E-state index in [1.165, 1.54) is 25.7 Å². The molecule has 1 amide bonds. The Kier molecular flexibility index (Phi) is 10.4. The zero-order chi connectivity index (χ0) is 25.9. The van der Waals surface area contributed by atoms with Crippen molar-refractivity contribution in [3.63, 3.8) is 0 Å². The number of nitrogens with two attached hydrogens (primary N) is 1. The van der Waals surface area contributed by atoms with Gasteiger partial charge in [-0.25, -0.2) is 14.8 Å². The lowest BCUT2D eigenvalue weighted by molar-refractivity contribution is -0.830. The topological polar surface area (TPSA) is 84.0 Å². The number of fused-ring (bicyclic) bond motifs is 1. The van der Waals surface area contributed by atoms with Crippen LogP contribution in [0, 0.1) is 18.8 Å². The molecule has 36 heavy (non-hydrogen) atoms. The molecule has 0 unspecified atom stereocenters. The highest BCUT2D eigenvalue weighted by molar-refractivity contribution is 5.91. The first-order valence-electron chi connectivity index (χ1n) is 12.7. The van der Waals surface area contributed by atoms with Gasteiger partial charge < -0.3 is 10.2 Å². The molecular formula is C29H40N5O2+. The summed E-state index contributed by atoms with van der Waals surface area (Å²) < 4.78 is 0. The Balaban J connectivity index is 0.000000221. The van der Waals surface area contributed by atoms with Crippen LogP contribution in [0.15, 0.2) is 54.6 Å². The lowest BCUT2D eigenvalue weighted by Crippen LogP contribution is -2.75. The summed E-state index contributed by atoms with van der Waals surface area (Å²) in [6.07, 6.45) is 8.52. The molecule has 7 heteroatoms. The molecule has 1 heterocycles. The summed E-state index contributed by atoms with van der Waals surface area (Å²) in [4.78, 5) is 27.6. The molecule has 3 N–H and O–H groups in total. The quantitative estimate of drug-likeness (QED) is 0.291. The van der Waals surface area contributed by atoms with Crippen molar-refractivity contribution in [2.24, 2.45) is 11.8 Å². The summed E-state index contributed by atoms with van der Waals surface area (Å²) in [5, 5.41) is 4.12. The van der Waals surface area contributed by atoms with Crippen LogP contribution in [0.2, 0.25) is 0 Å². The van der Waals surface area contributed by atoms with E-state index in [-0.39, 0.29) is 5.91 Å². The van der Waals surface area contributed by atoms with Gasteiger partial charge in [-0.3, -0.25) is 4.79 Å². The maximum atomic E-state index is 11.9. The number of para-hydroxylation sites is 1. The molecule has 1 fully saturated rings. The average Bonchev–Trinajstić information content (AvgIpc) is 2.88. The molecule has 2 aromatic carbocycles. The molecule has 3 aromatic rings. The van der Waals surface area contributed by atoms with Gasteiger partial charge in [-0.1, -0.05) is 31.9 Å². The van der Waals surface area contributed by atoms with E-state index in [1.54, 1.807) is 18.7 Å². The molecule has 192 valence electrons. The highest BCUT2D eigenvalue weighted by atomic mass is 16.6. The third-order valence-corrected chi connectivity index (χ3v) is 6.44. The number of quaternary nitrogens is 1. The Morgan fingerprint density at radius 3 is 2.44 bits per heavy atom. The number of carbonyl (C=O) groups excluding carboxylic acids is 1. The number of rotatable bonds is 7. The van der Waals surface area contributed by atoms with E-state index in [0.29, 0.717) is 5.92 Å². The Morgan fingerprint density at radius 2 is 1.78 bits per heavy atom. The highest BCUT2D eigenvalue weighted by Gasteiger charge is 2.18. The molecule has 1 aliphatic carbocycles. The largest absolute Gasteiger partial charge is 0.362 e. The van der Waals surface area contributed by atoms with Crippen molar-refractivity contribution in [1.29, 1.82) is 0 Å². The fourth-order valence-electron chi connectivity index (χ4n) is 4.34. The highest BCUT2D eigenvalue weighted by Crippen LogP contribution is 2.27. The number of nitrogens with zero attached hydrogens (tertiary/aromatic N) is 3. The lowest BCUT2D eigenvalue weighted by Gasteiger charge is -2.25. The second kappa shape index (κ2) is 13.7. The minimum atomic E-state index is -0.00819. The molecular weight excluding hydrogens is 450 g/mol. The summed E-state index contributed by atoms with van der Waals surface area (Å²) in [7, 11) is 5.62. The van der Waals surface area contributed by atoms with Gasteiger partial charge in [-0.05, 0) is 67.5 Å². The second-order valence-electron chi connectivity index (χ2n) is 9.73. The van der Waals surface area contributed by atoms with Gasteiger partial charge in [0.05, 0.1) is 12.6 Å². The van der Waals surface area contributed by atoms with Crippen molar-refractivity contribution in [2.75, 3.05) is 32.6 Å². The average molecular weight is 491 g/mol. The molecule has 0 aliphatic heterocycles. The van der Waals surface area contributed by atoms with Gasteiger partial charge in [0.1, 0.15) is 11.6 Å². The summed E-state index contributed by atoms with van der Waals surface area (Å²) >= 11 is 0. The van der Waals surface area contributed by atoms with Crippen molar-refractivity contribution in [3.8, 4) is 0 Å². The number of amides is 1. The van der Waals surface area contributed by atoms with Crippen molar-refractivity contribution in [1.82, 2.24) is 15.3 Å². The Bertz CT molecular complexity index is 1140. The molecule has 0 radical (unpaired) electrons. The normalized spacial score (nSPS) is 17.5. The van der Waals surface area contributed by atoms with E-state index in [1.807, 2.05) is 80.5 Å². The fourth-order valence-corrected chi connectivity index (χ4v) is 4.34. The first kappa shape index (κ1) is 27.3. The molecule has 0 bridgehead atoms. The predicted octanol–water partition coefficient (Wildman–Crippen LogP) is 4.40. The van der Waals surface area contributed by atoms with Crippen LogP contribution in [0.4, 0.5) is 11.5 Å². The summed E-state index contributed by atoms with van der Waals surface area (Å²) in [5.74, 6) is 3.29. The van der Waals surface area contributed by atoms with Crippen LogP contribution in [-0.2, 0) is 9.63 Å². The lowest BCUT2D eigenvalue weighted by atomic mass is 9.83. The van der Waals surface area contributed by atoms with Gasteiger partial charge in [0, 0.05) is 44.2 Å². The van der Waals surface area contributed by atoms with Crippen molar-refractivity contribution in [3.05, 3.63) is 66.0 Å². The van der Waals surface area contributed by atoms with Crippen molar-refractivity contribution < 1.29 is 15.1 Å². The number of carbonyl (C=O) groups is 1. The Morgan fingerprint density at radius 1 is 1.08 bits per heavy atom. The van der Waals surface area contributed by atoms with Crippen LogP contribution in [0.1, 0.15) is 44.0 Å². The van der Waals surface area contributed by atoms with E-state index >= 15 is 0 Å². The number of aromatic nitrogens is 2. The Labute approximate surface area is 214 Å². The summed E-state index contributed by atoms with van der Waals surface area (Å²) in [6, 6.07) is 15.9. The molecule has 0 spiro atoms. The van der Waals surface area contributed by atoms with Crippen LogP contribution >= 0.6 is 0 Å². The smallest absolute Gasteiger partial charge is 0.244 e. The zero-order valence-corrected chi connectivity index (χ0v) is 22.2. The monoisotopic (exact) mass is 490 g/mol. The predicted molar refractivity (Wildman–Crippen MR) is 147 cm³/mol. The van der Waals surface area contributed by atoms with Gasteiger partial charge in [0.2, 0.25) is 5.91 Å². The van der Waals surface area contributed by atoms with Crippen LogP contribution in [-0.4, -0.2) is 43.6 Å². The molecule has 1 saturated carbocycles. The van der Waals surface area contributed by atoms with E-state index in [9.17, 15) is 4.79 Å². The standard InChI is InChI=1S/C18H26N2O2.C11H13N3/c1-14-3-5-16(6-4-14)13-19-18(21)12-9-15-7-10-17(11-8-15)20-22-2;1-8-12-10-7-5-4-6-9(10)11(13-8)14(2)3/h7-12,14,16,20H,3-6,13H2,1-2H3,(H,19,21);4-7H,1-3H3/p+1/b12-9+;. The molecule has 1 aromatic heterocycles. The van der Waals surface area contributed by atoms with Crippen LogP contribution in [0.5, 0.6) is 0 Å². The summed E-state index contributed by atoms with van der Waals surface area (Å²) in [5.41, 5.74) is 4.71. The van der Waals surface area contributed by atoms with Gasteiger partial charge >= 0.3 is 0 Å². The minimum Gasteiger partial charge on any atom is -0.362 e. The molecule has 4 rings (SSSR count). The second-order valence-corrected chi connectivity index (χ2v) is 9.73. The fraction of sp³-hybridized carbons (Fsp3) is 0.414. The number of aryl methyl sites for hydroxylation is 1. The van der Waals surface area contributed by atoms with Gasteiger partial charge in [0.25, 0.3) is 0 Å². The van der Waals surface area contributed by atoms with Crippen LogP contribution in [0.25, 0.3) is 17.0 Å². The molecule has 0 atom stereocenters. The number of benzene rings is 2. The van der Waals surface area contributed by atoms with Crippen LogP contribution < -0.4 is 15.7 Å². The third-order valence-electron chi connectivity index (χ3n) is 6.44. The van der Waals surface area contributed by atoms with Gasteiger partial charge in [-0.15, -0.1) is 0 Å². The van der Waals surface area contributed by atoms with Crippen molar-refractivity contribution in [2.45, 2.75) is 39.5 Å². The number of hydrogen-bond donors (Lipinski definition) is 2. The van der Waals surface area contributed by atoms with E-state index in [4.69, 9.17) is 4.84 Å². The maximum absolute atomic E-state index is 11.9. The zero-order valence-electron chi connectivity index (χ0n) is 22.2. The Hall–Kier alpha value is -3.29. The molecule has 0 saturated heterocycles. The number of hydrogen-bond acceptors (Lipinski definition) is 5.